The highest BCUT2D eigenvalue weighted by atomic mass is 127. The van der Waals surface area contributed by atoms with Gasteiger partial charge in [-0.25, -0.2) is 4.98 Å². The summed E-state index contributed by atoms with van der Waals surface area (Å²) in [5.74, 6) is 0.523. The average Bonchev–Trinajstić information content (AvgIpc) is 2.70. The summed E-state index contributed by atoms with van der Waals surface area (Å²) in [6, 6.07) is 8.96. The minimum Gasteiger partial charge on any atom is -0.355 e. The smallest absolute Gasteiger partial charge is 0.271 e. The molecule has 8 heteroatoms. The summed E-state index contributed by atoms with van der Waals surface area (Å²) in [6.45, 7) is 1.05. The number of carbonyl (C=O) groups is 1. The molecule has 0 radical (unpaired) electrons. The standard InChI is InChI=1S/C19H24N6O.HI/c1-20-19(24-11-10-23-18(26)17-13-21-8-9-22-17)25-16-7-6-14-4-2-3-5-15(14)12-16;/h2-5,8-9,13,16H,6-7,10-12H2,1H3,(H,23,26)(H2,20,24,25);1H. The molecule has 2 aromatic rings. The van der Waals surface area contributed by atoms with Crippen LogP contribution in [0.1, 0.15) is 28.0 Å². The Morgan fingerprint density at radius 2 is 1.96 bits per heavy atom. The summed E-state index contributed by atoms with van der Waals surface area (Å²) >= 11 is 0. The second-order valence-corrected chi connectivity index (χ2v) is 6.20. The first kappa shape index (κ1) is 21.1. The molecule has 1 heterocycles. The van der Waals surface area contributed by atoms with E-state index in [0.29, 0.717) is 24.8 Å². The number of carbonyl (C=O) groups excluding carboxylic acids is 1. The number of rotatable bonds is 5. The Labute approximate surface area is 176 Å². The molecule has 0 fully saturated rings. The average molecular weight is 480 g/mol. The lowest BCUT2D eigenvalue weighted by molar-refractivity contribution is 0.0949. The fraction of sp³-hybridized carbons (Fsp3) is 0.368. The zero-order valence-electron chi connectivity index (χ0n) is 15.3. The maximum absolute atomic E-state index is 11.9. The van der Waals surface area contributed by atoms with Crippen LogP contribution in [0.3, 0.4) is 0 Å². The number of hydrogen-bond donors (Lipinski definition) is 3. The van der Waals surface area contributed by atoms with Gasteiger partial charge in [-0.1, -0.05) is 24.3 Å². The van der Waals surface area contributed by atoms with E-state index in [2.05, 4.69) is 55.2 Å². The highest BCUT2D eigenvalue weighted by Gasteiger charge is 2.18. The number of guanidine groups is 1. The van der Waals surface area contributed by atoms with Crippen molar-refractivity contribution < 1.29 is 4.79 Å². The van der Waals surface area contributed by atoms with Crippen LogP contribution < -0.4 is 16.0 Å². The second-order valence-electron chi connectivity index (χ2n) is 6.20. The van der Waals surface area contributed by atoms with Gasteiger partial charge in [0.05, 0.1) is 6.20 Å². The highest BCUT2D eigenvalue weighted by Crippen LogP contribution is 2.20. The fourth-order valence-electron chi connectivity index (χ4n) is 3.07. The Balaban J connectivity index is 0.00000261. The number of benzene rings is 1. The van der Waals surface area contributed by atoms with Crippen LogP contribution in [0.25, 0.3) is 0 Å². The van der Waals surface area contributed by atoms with Crippen LogP contribution in [0.2, 0.25) is 0 Å². The van der Waals surface area contributed by atoms with E-state index in [1.807, 2.05) is 0 Å². The lowest BCUT2D eigenvalue weighted by Crippen LogP contribution is -2.47. The number of aliphatic imine (C=N–C) groups is 1. The SMILES string of the molecule is CN=C(NCCNC(=O)c1cnccn1)NC1CCc2ccccc2C1.I. The van der Waals surface area contributed by atoms with Crippen LogP contribution in [0.15, 0.2) is 47.8 Å². The molecule has 0 saturated carbocycles. The van der Waals surface area contributed by atoms with Crippen molar-refractivity contribution in [2.45, 2.75) is 25.3 Å². The fourth-order valence-corrected chi connectivity index (χ4v) is 3.07. The number of nitrogens with zero attached hydrogens (tertiary/aromatic N) is 3. The first-order valence-corrected chi connectivity index (χ1v) is 8.84. The molecule has 144 valence electrons. The van der Waals surface area contributed by atoms with Crippen molar-refractivity contribution in [2.24, 2.45) is 4.99 Å². The molecular weight excluding hydrogens is 455 g/mol. The van der Waals surface area contributed by atoms with Crippen molar-refractivity contribution >= 4 is 35.8 Å². The normalized spacial score (nSPS) is 15.9. The largest absolute Gasteiger partial charge is 0.355 e. The van der Waals surface area contributed by atoms with Gasteiger partial charge in [0.25, 0.3) is 5.91 Å². The van der Waals surface area contributed by atoms with Gasteiger partial charge in [-0.05, 0) is 30.4 Å². The van der Waals surface area contributed by atoms with E-state index < -0.39 is 0 Å². The number of aromatic nitrogens is 2. The van der Waals surface area contributed by atoms with Crippen LogP contribution >= 0.6 is 24.0 Å². The molecule has 1 amide bonds. The van der Waals surface area contributed by atoms with E-state index in [-0.39, 0.29) is 29.9 Å². The Morgan fingerprint density at radius 1 is 1.19 bits per heavy atom. The molecule has 3 N–H and O–H groups in total. The van der Waals surface area contributed by atoms with Gasteiger partial charge < -0.3 is 16.0 Å². The Bertz CT molecular complexity index is 768. The van der Waals surface area contributed by atoms with E-state index in [9.17, 15) is 4.79 Å². The number of nitrogens with one attached hydrogen (secondary N) is 3. The number of amides is 1. The monoisotopic (exact) mass is 480 g/mol. The predicted molar refractivity (Wildman–Crippen MR) is 117 cm³/mol. The summed E-state index contributed by atoms with van der Waals surface area (Å²) in [7, 11) is 1.75. The van der Waals surface area contributed by atoms with Crippen molar-refractivity contribution in [1.82, 2.24) is 25.9 Å². The van der Waals surface area contributed by atoms with Crippen LogP contribution in [0.4, 0.5) is 0 Å². The maximum Gasteiger partial charge on any atom is 0.271 e. The van der Waals surface area contributed by atoms with Gasteiger partial charge in [0, 0.05) is 38.6 Å². The molecule has 0 bridgehead atoms. The predicted octanol–water partition coefficient (Wildman–Crippen LogP) is 1.55. The Hall–Kier alpha value is -2.23. The minimum absolute atomic E-state index is 0. The van der Waals surface area contributed by atoms with E-state index in [1.54, 1.807) is 7.05 Å². The van der Waals surface area contributed by atoms with Gasteiger partial charge >= 0.3 is 0 Å². The van der Waals surface area contributed by atoms with Crippen molar-refractivity contribution in [1.29, 1.82) is 0 Å². The molecule has 1 atom stereocenters. The first-order chi connectivity index (χ1) is 12.8. The summed E-state index contributed by atoms with van der Waals surface area (Å²) < 4.78 is 0. The summed E-state index contributed by atoms with van der Waals surface area (Å²) in [6.07, 6.45) is 7.66. The number of aryl methyl sites for hydroxylation is 1. The van der Waals surface area contributed by atoms with E-state index in [0.717, 1.165) is 25.2 Å². The van der Waals surface area contributed by atoms with Gasteiger partial charge in [0.15, 0.2) is 5.96 Å². The first-order valence-electron chi connectivity index (χ1n) is 8.84. The molecule has 1 aromatic carbocycles. The third-order valence-electron chi connectivity index (χ3n) is 4.41. The van der Waals surface area contributed by atoms with E-state index in [1.165, 1.54) is 29.7 Å². The van der Waals surface area contributed by atoms with Gasteiger partial charge in [-0.2, -0.15) is 0 Å². The molecule has 0 spiro atoms. The third-order valence-corrected chi connectivity index (χ3v) is 4.41. The van der Waals surface area contributed by atoms with Crippen molar-refractivity contribution in [3.8, 4) is 0 Å². The highest BCUT2D eigenvalue weighted by molar-refractivity contribution is 14.0. The molecule has 7 nitrogen and oxygen atoms in total. The Kier molecular flexibility index (Phi) is 8.43. The topological polar surface area (TPSA) is 91.3 Å². The van der Waals surface area contributed by atoms with Gasteiger partial charge in [0.2, 0.25) is 0 Å². The van der Waals surface area contributed by atoms with Crippen molar-refractivity contribution in [3.05, 3.63) is 59.7 Å². The molecule has 0 saturated heterocycles. The molecule has 27 heavy (non-hydrogen) atoms. The zero-order chi connectivity index (χ0) is 18.2. The molecule has 1 aliphatic rings. The molecule has 3 rings (SSSR count). The summed E-state index contributed by atoms with van der Waals surface area (Å²) in [4.78, 5) is 24.0. The minimum atomic E-state index is -0.230. The van der Waals surface area contributed by atoms with E-state index in [4.69, 9.17) is 0 Å². The van der Waals surface area contributed by atoms with E-state index >= 15 is 0 Å². The van der Waals surface area contributed by atoms with Gasteiger partial charge in [0.1, 0.15) is 5.69 Å². The number of hydrogen-bond acceptors (Lipinski definition) is 4. The lowest BCUT2D eigenvalue weighted by atomic mass is 9.88. The third kappa shape index (κ3) is 6.16. The number of halogens is 1. The zero-order valence-corrected chi connectivity index (χ0v) is 17.6. The van der Waals surface area contributed by atoms with Crippen molar-refractivity contribution in [3.63, 3.8) is 0 Å². The lowest BCUT2D eigenvalue weighted by Gasteiger charge is -2.27. The second kappa shape index (κ2) is 10.8. The molecule has 0 aliphatic heterocycles. The van der Waals surface area contributed by atoms with Crippen LogP contribution in [-0.2, 0) is 12.8 Å². The Morgan fingerprint density at radius 3 is 2.70 bits per heavy atom. The molecule has 1 aromatic heterocycles. The molecule has 1 unspecified atom stereocenters. The summed E-state index contributed by atoms with van der Waals surface area (Å²) in [5.41, 5.74) is 3.17. The summed E-state index contributed by atoms with van der Waals surface area (Å²) in [5, 5.41) is 9.51. The quantitative estimate of drug-likeness (QED) is 0.262. The van der Waals surface area contributed by atoms with Crippen molar-refractivity contribution in [2.75, 3.05) is 20.1 Å². The van der Waals surface area contributed by atoms with Crippen LogP contribution in [0.5, 0.6) is 0 Å². The molecule has 1 aliphatic carbocycles. The van der Waals surface area contributed by atoms with Gasteiger partial charge in [-0.3, -0.25) is 14.8 Å². The van der Waals surface area contributed by atoms with Crippen LogP contribution in [-0.4, -0.2) is 48.0 Å². The van der Waals surface area contributed by atoms with Gasteiger partial charge in [-0.15, -0.1) is 24.0 Å². The molecular formula is C19H25IN6O. The maximum atomic E-state index is 11.9. The number of fused-ring (bicyclic) bond motifs is 1. The van der Waals surface area contributed by atoms with Crippen LogP contribution in [0, 0.1) is 0 Å².